The SMILES string of the molecule is CC(C)(C)NCC1(Cc2cccc(O)c2)CCOCC1. The maximum absolute atomic E-state index is 9.65. The van der Waals surface area contributed by atoms with Crippen LogP contribution in [0.15, 0.2) is 24.3 Å². The highest BCUT2D eigenvalue weighted by molar-refractivity contribution is 5.28. The standard InChI is InChI=1S/C17H27NO2/c1-16(2,3)18-13-17(7-9-20-10-8-17)12-14-5-4-6-15(19)11-14/h4-6,11,18-19H,7-10,12-13H2,1-3H3. The molecule has 0 spiro atoms. The molecule has 0 unspecified atom stereocenters. The lowest BCUT2D eigenvalue weighted by Gasteiger charge is -2.40. The molecule has 3 heteroatoms. The van der Waals surface area contributed by atoms with Crippen molar-refractivity contribution >= 4 is 0 Å². The van der Waals surface area contributed by atoms with Gasteiger partial charge in [0.25, 0.3) is 0 Å². The third-order valence-corrected chi connectivity index (χ3v) is 4.04. The molecule has 1 aromatic rings. The second-order valence-corrected chi connectivity index (χ2v) is 7.06. The number of phenols is 1. The van der Waals surface area contributed by atoms with E-state index in [0.717, 1.165) is 39.0 Å². The van der Waals surface area contributed by atoms with Gasteiger partial charge in [0.2, 0.25) is 0 Å². The summed E-state index contributed by atoms with van der Waals surface area (Å²) in [6.07, 6.45) is 3.14. The van der Waals surface area contributed by atoms with Gasteiger partial charge in [0, 0.05) is 25.3 Å². The highest BCUT2D eigenvalue weighted by Gasteiger charge is 2.33. The van der Waals surface area contributed by atoms with Crippen molar-refractivity contribution in [2.24, 2.45) is 5.41 Å². The summed E-state index contributed by atoms with van der Waals surface area (Å²) in [6, 6.07) is 7.64. The number of aromatic hydroxyl groups is 1. The molecule has 1 aliphatic rings. The Bertz CT molecular complexity index is 431. The van der Waals surface area contributed by atoms with Gasteiger partial charge in [-0.2, -0.15) is 0 Å². The number of hydrogen-bond acceptors (Lipinski definition) is 3. The van der Waals surface area contributed by atoms with Crippen LogP contribution in [-0.2, 0) is 11.2 Å². The van der Waals surface area contributed by atoms with Gasteiger partial charge in [-0.3, -0.25) is 0 Å². The average Bonchev–Trinajstić information content (AvgIpc) is 2.37. The van der Waals surface area contributed by atoms with Crippen LogP contribution in [0.5, 0.6) is 5.75 Å². The second kappa shape index (κ2) is 6.15. The molecule has 0 bridgehead atoms. The normalized spacial score (nSPS) is 18.9. The van der Waals surface area contributed by atoms with Gasteiger partial charge in [-0.25, -0.2) is 0 Å². The van der Waals surface area contributed by atoms with Crippen molar-refractivity contribution in [3.63, 3.8) is 0 Å². The number of ether oxygens (including phenoxy) is 1. The molecule has 1 fully saturated rings. The number of nitrogens with one attached hydrogen (secondary N) is 1. The van der Waals surface area contributed by atoms with Crippen LogP contribution in [0, 0.1) is 5.41 Å². The molecule has 1 heterocycles. The molecule has 3 nitrogen and oxygen atoms in total. The molecule has 0 saturated carbocycles. The maximum atomic E-state index is 9.65. The maximum Gasteiger partial charge on any atom is 0.115 e. The first kappa shape index (κ1) is 15.3. The second-order valence-electron chi connectivity index (χ2n) is 7.06. The fraction of sp³-hybridized carbons (Fsp3) is 0.647. The fourth-order valence-electron chi connectivity index (χ4n) is 2.77. The lowest BCUT2D eigenvalue weighted by molar-refractivity contribution is 0.0121. The zero-order chi connectivity index (χ0) is 14.6. The van der Waals surface area contributed by atoms with Crippen LogP contribution in [0.2, 0.25) is 0 Å². The minimum absolute atomic E-state index is 0.129. The van der Waals surface area contributed by atoms with E-state index in [1.165, 1.54) is 5.56 Å². The van der Waals surface area contributed by atoms with Gasteiger partial charge in [0.05, 0.1) is 0 Å². The van der Waals surface area contributed by atoms with E-state index in [1.54, 1.807) is 6.07 Å². The zero-order valence-corrected chi connectivity index (χ0v) is 12.9. The Kier molecular flexibility index (Phi) is 4.71. The number of phenolic OH excluding ortho intramolecular Hbond substituents is 1. The summed E-state index contributed by atoms with van der Waals surface area (Å²) in [5, 5.41) is 13.3. The van der Waals surface area contributed by atoms with Crippen molar-refractivity contribution in [2.45, 2.75) is 45.6 Å². The smallest absolute Gasteiger partial charge is 0.115 e. The topological polar surface area (TPSA) is 41.5 Å². The van der Waals surface area contributed by atoms with Gasteiger partial charge in [-0.1, -0.05) is 12.1 Å². The lowest BCUT2D eigenvalue weighted by atomic mass is 9.74. The highest BCUT2D eigenvalue weighted by atomic mass is 16.5. The molecule has 0 amide bonds. The van der Waals surface area contributed by atoms with Crippen LogP contribution in [-0.4, -0.2) is 30.4 Å². The van der Waals surface area contributed by atoms with Crippen LogP contribution >= 0.6 is 0 Å². The average molecular weight is 277 g/mol. The summed E-state index contributed by atoms with van der Waals surface area (Å²) < 4.78 is 5.54. The van der Waals surface area contributed by atoms with Gasteiger partial charge in [0.1, 0.15) is 5.75 Å². The largest absolute Gasteiger partial charge is 0.508 e. The van der Waals surface area contributed by atoms with Gasteiger partial charge in [0.15, 0.2) is 0 Å². The van der Waals surface area contributed by atoms with Crippen molar-refractivity contribution in [3.8, 4) is 5.75 Å². The summed E-state index contributed by atoms with van der Waals surface area (Å²) in [5.41, 5.74) is 1.58. The van der Waals surface area contributed by atoms with Crippen molar-refractivity contribution in [2.75, 3.05) is 19.8 Å². The molecule has 0 radical (unpaired) electrons. The fourth-order valence-corrected chi connectivity index (χ4v) is 2.77. The first-order chi connectivity index (χ1) is 9.39. The molecule has 2 N–H and O–H groups in total. The predicted octanol–water partition coefficient (Wildman–Crippen LogP) is 3.12. The van der Waals surface area contributed by atoms with E-state index in [2.05, 4.69) is 32.2 Å². The first-order valence-electron chi connectivity index (χ1n) is 7.49. The third-order valence-electron chi connectivity index (χ3n) is 4.04. The van der Waals surface area contributed by atoms with Crippen LogP contribution < -0.4 is 5.32 Å². The summed E-state index contributed by atoms with van der Waals surface area (Å²) in [4.78, 5) is 0. The van der Waals surface area contributed by atoms with E-state index < -0.39 is 0 Å². The van der Waals surface area contributed by atoms with Crippen molar-refractivity contribution < 1.29 is 9.84 Å². The number of rotatable bonds is 4. The Morgan fingerprint density at radius 2 is 1.95 bits per heavy atom. The van der Waals surface area contributed by atoms with E-state index in [4.69, 9.17) is 4.74 Å². The molecule has 1 aliphatic heterocycles. The predicted molar refractivity (Wildman–Crippen MR) is 82.1 cm³/mol. The Morgan fingerprint density at radius 1 is 1.25 bits per heavy atom. The minimum Gasteiger partial charge on any atom is -0.508 e. The third kappa shape index (κ3) is 4.50. The molecular formula is C17H27NO2. The van der Waals surface area contributed by atoms with Crippen molar-refractivity contribution in [1.29, 1.82) is 0 Å². The van der Waals surface area contributed by atoms with Gasteiger partial charge in [-0.05, 0) is 63.1 Å². The molecule has 0 aromatic heterocycles. The summed E-state index contributed by atoms with van der Waals surface area (Å²) in [7, 11) is 0. The molecule has 0 aliphatic carbocycles. The molecule has 2 rings (SSSR count). The Hall–Kier alpha value is -1.06. The van der Waals surface area contributed by atoms with Crippen molar-refractivity contribution in [3.05, 3.63) is 29.8 Å². The van der Waals surface area contributed by atoms with Gasteiger partial charge in [-0.15, -0.1) is 0 Å². The quantitative estimate of drug-likeness (QED) is 0.888. The molecule has 20 heavy (non-hydrogen) atoms. The summed E-state index contributed by atoms with van der Waals surface area (Å²) in [6.45, 7) is 9.28. The number of hydrogen-bond donors (Lipinski definition) is 2. The van der Waals surface area contributed by atoms with E-state index in [0.29, 0.717) is 5.75 Å². The van der Waals surface area contributed by atoms with Gasteiger partial charge < -0.3 is 15.2 Å². The zero-order valence-electron chi connectivity index (χ0n) is 12.9. The van der Waals surface area contributed by atoms with Gasteiger partial charge >= 0.3 is 0 Å². The molecule has 1 saturated heterocycles. The van der Waals surface area contributed by atoms with Crippen LogP contribution in [0.1, 0.15) is 39.2 Å². The minimum atomic E-state index is 0.129. The molecule has 112 valence electrons. The monoisotopic (exact) mass is 277 g/mol. The highest BCUT2D eigenvalue weighted by Crippen LogP contribution is 2.34. The van der Waals surface area contributed by atoms with Crippen LogP contribution in [0.25, 0.3) is 0 Å². The van der Waals surface area contributed by atoms with E-state index in [-0.39, 0.29) is 11.0 Å². The van der Waals surface area contributed by atoms with Crippen LogP contribution in [0.4, 0.5) is 0 Å². The van der Waals surface area contributed by atoms with E-state index in [9.17, 15) is 5.11 Å². The molecule has 1 aromatic carbocycles. The van der Waals surface area contributed by atoms with Crippen molar-refractivity contribution in [1.82, 2.24) is 5.32 Å². The van der Waals surface area contributed by atoms with E-state index >= 15 is 0 Å². The van der Waals surface area contributed by atoms with E-state index in [1.807, 2.05) is 12.1 Å². The number of benzene rings is 1. The summed E-state index contributed by atoms with van der Waals surface area (Å²) >= 11 is 0. The lowest BCUT2D eigenvalue weighted by Crippen LogP contribution is -2.47. The Balaban J connectivity index is 2.10. The Morgan fingerprint density at radius 3 is 2.55 bits per heavy atom. The van der Waals surface area contributed by atoms with Crippen LogP contribution in [0.3, 0.4) is 0 Å². The first-order valence-corrected chi connectivity index (χ1v) is 7.49. The Labute approximate surface area is 122 Å². The summed E-state index contributed by atoms with van der Waals surface area (Å²) in [5.74, 6) is 0.355. The molecule has 0 atom stereocenters. The molecular weight excluding hydrogens is 250 g/mol.